The van der Waals surface area contributed by atoms with Gasteiger partial charge in [-0.2, -0.15) is 0 Å². The number of furan rings is 1. The number of hydrogen-bond donors (Lipinski definition) is 0. The minimum Gasteiger partial charge on any atom is -0.455 e. The summed E-state index contributed by atoms with van der Waals surface area (Å²) in [5.41, 5.74) is 8.16. The molecule has 0 unspecified atom stereocenters. The van der Waals surface area contributed by atoms with Crippen molar-refractivity contribution >= 4 is 43.7 Å². The first-order valence-electron chi connectivity index (χ1n) is 12.8. The molecular formula is C35H22N2O. The van der Waals surface area contributed by atoms with Crippen LogP contribution in [0.25, 0.3) is 71.9 Å². The third-order valence-electron chi connectivity index (χ3n) is 7.41. The second-order valence-electron chi connectivity index (χ2n) is 9.59. The molecule has 3 heteroatoms. The van der Waals surface area contributed by atoms with Crippen LogP contribution in [0.15, 0.2) is 138 Å². The van der Waals surface area contributed by atoms with Gasteiger partial charge >= 0.3 is 0 Å². The van der Waals surface area contributed by atoms with Crippen LogP contribution in [0.5, 0.6) is 0 Å². The quantitative estimate of drug-likeness (QED) is 0.249. The predicted octanol–water partition coefficient (Wildman–Crippen LogP) is 9.41. The van der Waals surface area contributed by atoms with Gasteiger partial charge in [-0.1, -0.05) is 109 Å². The molecule has 8 aromatic rings. The highest BCUT2D eigenvalue weighted by molar-refractivity contribution is 6.10. The van der Waals surface area contributed by atoms with Crippen molar-refractivity contribution in [2.45, 2.75) is 0 Å². The van der Waals surface area contributed by atoms with E-state index in [0.29, 0.717) is 0 Å². The molecule has 2 heterocycles. The molecule has 0 saturated heterocycles. The van der Waals surface area contributed by atoms with Gasteiger partial charge < -0.3 is 4.42 Å². The number of fused-ring (bicyclic) bond motifs is 5. The van der Waals surface area contributed by atoms with Gasteiger partial charge in [0, 0.05) is 21.7 Å². The number of aromatic nitrogens is 2. The molecule has 0 radical (unpaired) electrons. The first-order chi connectivity index (χ1) is 18.9. The van der Waals surface area contributed by atoms with E-state index < -0.39 is 0 Å². The van der Waals surface area contributed by atoms with Crippen molar-refractivity contribution in [2.75, 3.05) is 0 Å². The Hall–Kier alpha value is -5.15. The van der Waals surface area contributed by atoms with Crippen molar-refractivity contribution < 1.29 is 4.42 Å². The van der Waals surface area contributed by atoms with Gasteiger partial charge in [0.25, 0.3) is 0 Å². The molecule has 2 aromatic heterocycles. The zero-order valence-corrected chi connectivity index (χ0v) is 20.5. The molecule has 6 aromatic carbocycles. The van der Waals surface area contributed by atoms with Crippen molar-refractivity contribution in [3.05, 3.63) is 133 Å². The van der Waals surface area contributed by atoms with Gasteiger partial charge in [-0.15, -0.1) is 0 Å². The van der Waals surface area contributed by atoms with E-state index in [1.54, 1.807) is 0 Å². The molecule has 0 aliphatic carbocycles. The summed E-state index contributed by atoms with van der Waals surface area (Å²) in [5, 5.41) is 4.57. The lowest BCUT2D eigenvalue weighted by Crippen LogP contribution is -2.02. The lowest BCUT2D eigenvalue weighted by Gasteiger charge is -2.18. The van der Waals surface area contributed by atoms with Gasteiger partial charge in [0.15, 0.2) is 0 Å². The average Bonchev–Trinajstić information content (AvgIpc) is 3.56. The Morgan fingerprint density at radius 1 is 0.526 bits per heavy atom. The van der Waals surface area contributed by atoms with Gasteiger partial charge in [-0.25, -0.2) is 4.98 Å². The number of rotatable bonds is 3. The second kappa shape index (κ2) is 8.19. The molecule has 0 spiro atoms. The number of hydrogen-bond acceptors (Lipinski definition) is 2. The molecule has 8 rings (SSSR count). The highest BCUT2D eigenvalue weighted by atomic mass is 16.3. The normalized spacial score (nSPS) is 11.7. The SMILES string of the molecule is c1ccc(-c2ccc3ccccc3c2-n2c(-c3cccc4c3oc3ccccc34)nc3ccccc32)cc1. The minimum absolute atomic E-state index is 0.853. The van der Waals surface area contributed by atoms with Gasteiger partial charge in [0.1, 0.15) is 17.0 Å². The first kappa shape index (κ1) is 21.0. The maximum absolute atomic E-state index is 6.47. The highest BCUT2D eigenvalue weighted by Gasteiger charge is 2.22. The predicted molar refractivity (Wildman–Crippen MR) is 157 cm³/mol. The molecule has 0 amide bonds. The lowest BCUT2D eigenvalue weighted by molar-refractivity contribution is 0.669. The number of nitrogens with zero attached hydrogens (tertiary/aromatic N) is 2. The molecule has 0 atom stereocenters. The van der Waals surface area contributed by atoms with E-state index in [9.17, 15) is 0 Å². The van der Waals surface area contributed by atoms with Crippen molar-refractivity contribution in [3.8, 4) is 28.2 Å². The fourth-order valence-corrected chi connectivity index (χ4v) is 5.70. The smallest absolute Gasteiger partial charge is 0.149 e. The fourth-order valence-electron chi connectivity index (χ4n) is 5.70. The highest BCUT2D eigenvalue weighted by Crippen LogP contribution is 2.41. The summed E-state index contributed by atoms with van der Waals surface area (Å²) in [6, 6.07) is 46.6. The summed E-state index contributed by atoms with van der Waals surface area (Å²) >= 11 is 0. The van der Waals surface area contributed by atoms with Crippen molar-refractivity contribution in [2.24, 2.45) is 0 Å². The van der Waals surface area contributed by atoms with Crippen LogP contribution in [0.4, 0.5) is 0 Å². The average molecular weight is 487 g/mol. The van der Waals surface area contributed by atoms with E-state index in [1.165, 1.54) is 16.3 Å². The largest absolute Gasteiger partial charge is 0.455 e. The lowest BCUT2D eigenvalue weighted by atomic mass is 9.97. The van der Waals surface area contributed by atoms with Gasteiger partial charge in [0.05, 0.1) is 22.3 Å². The zero-order valence-electron chi connectivity index (χ0n) is 20.5. The summed E-state index contributed by atoms with van der Waals surface area (Å²) in [7, 11) is 0. The molecule has 38 heavy (non-hydrogen) atoms. The van der Waals surface area contributed by atoms with Crippen LogP contribution in [0.2, 0.25) is 0 Å². The number of benzene rings is 6. The maximum atomic E-state index is 6.47. The van der Waals surface area contributed by atoms with E-state index >= 15 is 0 Å². The number of imidazole rings is 1. The Morgan fingerprint density at radius 3 is 2.18 bits per heavy atom. The zero-order chi connectivity index (χ0) is 25.1. The minimum atomic E-state index is 0.853. The Kier molecular flexibility index (Phi) is 4.52. The Balaban J connectivity index is 1.54. The van der Waals surface area contributed by atoms with Crippen molar-refractivity contribution in [3.63, 3.8) is 0 Å². The first-order valence-corrected chi connectivity index (χ1v) is 12.8. The van der Waals surface area contributed by atoms with Crippen molar-refractivity contribution in [1.29, 1.82) is 0 Å². The Morgan fingerprint density at radius 2 is 1.26 bits per heavy atom. The monoisotopic (exact) mass is 486 g/mol. The fraction of sp³-hybridized carbons (Fsp3) is 0. The van der Waals surface area contributed by atoms with Gasteiger partial charge in [0.2, 0.25) is 0 Å². The third kappa shape index (κ3) is 3.06. The van der Waals surface area contributed by atoms with Crippen LogP contribution in [0.1, 0.15) is 0 Å². The van der Waals surface area contributed by atoms with Crippen molar-refractivity contribution in [1.82, 2.24) is 9.55 Å². The number of para-hydroxylation sites is 4. The van der Waals surface area contributed by atoms with E-state index in [1.807, 2.05) is 18.2 Å². The molecule has 0 N–H and O–H groups in total. The third-order valence-corrected chi connectivity index (χ3v) is 7.41. The molecular weight excluding hydrogens is 464 g/mol. The van der Waals surface area contributed by atoms with Gasteiger partial charge in [-0.05, 0) is 35.2 Å². The molecule has 3 nitrogen and oxygen atoms in total. The molecule has 0 bridgehead atoms. The van der Waals surface area contributed by atoms with Crippen LogP contribution in [-0.2, 0) is 0 Å². The van der Waals surface area contributed by atoms with E-state index in [4.69, 9.17) is 9.40 Å². The molecule has 0 saturated carbocycles. The van der Waals surface area contributed by atoms with E-state index in [2.05, 4.69) is 120 Å². The molecule has 0 aliphatic rings. The van der Waals surface area contributed by atoms with Crippen LogP contribution < -0.4 is 0 Å². The summed E-state index contributed by atoms with van der Waals surface area (Å²) in [5.74, 6) is 0.865. The topological polar surface area (TPSA) is 31.0 Å². The van der Waals surface area contributed by atoms with Crippen LogP contribution in [0.3, 0.4) is 0 Å². The maximum Gasteiger partial charge on any atom is 0.149 e. The molecule has 178 valence electrons. The summed E-state index contributed by atoms with van der Waals surface area (Å²) < 4.78 is 8.80. The molecule has 0 aliphatic heterocycles. The van der Waals surface area contributed by atoms with E-state index in [-0.39, 0.29) is 0 Å². The van der Waals surface area contributed by atoms with Crippen LogP contribution in [0, 0.1) is 0 Å². The van der Waals surface area contributed by atoms with Crippen LogP contribution >= 0.6 is 0 Å². The Labute approximate surface area is 219 Å². The van der Waals surface area contributed by atoms with Gasteiger partial charge in [-0.3, -0.25) is 4.57 Å². The van der Waals surface area contributed by atoms with E-state index in [0.717, 1.165) is 55.6 Å². The van der Waals surface area contributed by atoms with Crippen LogP contribution in [-0.4, -0.2) is 9.55 Å². The summed E-state index contributed by atoms with van der Waals surface area (Å²) in [6.45, 7) is 0. The standard InChI is InChI=1S/C35H22N2O/c1-2-11-23(12-3-1)26-22-21-24-13-4-5-14-25(24)33(26)37-31-19-8-7-18-30(31)36-35(37)29-17-10-16-28-27-15-6-9-20-32(27)38-34(28)29/h1-22H. The Bertz CT molecular complexity index is 2130. The second-order valence-corrected chi connectivity index (χ2v) is 9.59. The summed E-state index contributed by atoms with van der Waals surface area (Å²) in [4.78, 5) is 5.22. The summed E-state index contributed by atoms with van der Waals surface area (Å²) in [6.07, 6.45) is 0. The molecule has 0 fully saturated rings.